The number of halogens is 2. The molecule has 1 N–H and O–H groups in total. The Kier molecular flexibility index (Phi) is 5.31. The van der Waals surface area contributed by atoms with Crippen LogP contribution in [0, 0.1) is 12.7 Å². The van der Waals surface area contributed by atoms with Crippen molar-refractivity contribution in [3.05, 3.63) is 52.0 Å². The van der Waals surface area contributed by atoms with E-state index in [4.69, 9.17) is 4.74 Å². The Balaban J connectivity index is 2.24. The van der Waals surface area contributed by atoms with E-state index in [0.717, 1.165) is 17.0 Å². The van der Waals surface area contributed by atoms with E-state index >= 15 is 0 Å². The van der Waals surface area contributed by atoms with Crippen LogP contribution in [0.25, 0.3) is 0 Å². The number of aryl methyl sites for hydroxylation is 1. The van der Waals surface area contributed by atoms with Gasteiger partial charge in [0, 0.05) is 36.1 Å². The Bertz CT molecular complexity index is 632. The maximum absolute atomic E-state index is 13.3. The number of nitrogens with zero attached hydrogens (tertiary/aromatic N) is 1. The number of ether oxygens (including phenoxy) is 1. The fourth-order valence-corrected chi connectivity index (χ4v) is 2.13. The van der Waals surface area contributed by atoms with Crippen LogP contribution < -0.4 is 10.1 Å². The van der Waals surface area contributed by atoms with Gasteiger partial charge in [-0.3, -0.25) is 4.98 Å². The normalized spacial score (nSPS) is 11.0. The minimum Gasteiger partial charge on any atom is -0.457 e. The lowest BCUT2D eigenvalue weighted by atomic mass is 10.2. The standard InChI is InChI=1S/C16H18BrFN2O/c1-10(2)19-8-12-9-20-11(3)6-16(12)21-13-4-5-15(18)14(17)7-13/h4-7,9-10,19H,8H2,1-3H3. The molecule has 0 saturated heterocycles. The zero-order valence-corrected chi connectivity index (χ0v) is 13.9. The van der Waals surface area contributed by atoms with Gasteiger partial charge in [0.2, 0.25) is 0 Å². The Labute approximate surface area is 132 Å². The van der Waals surface area contributed by atoms with Crippen LogP contribution in [0.5, 0.6) is 11.5 Å². The number of hydrogen-bond donors (Lipinski definition) is 1. The van der Waals surface area contributed by atoms with Crippen molar-refractivity contribution in [2.75, 3.05) is 0 Å². The summed E-state index contributed by atoms with van der Waals surface area (Å²) < 4.78 is 19.5. The molecule has 112 valence electrons. The fraction of sp³-hybridized carbons (Fsp3) is 0.312. The van der Waals surface area contributed by atoms with Crippen LogP contribution in [0.2, 0.25) is 0 Å². The van der Waals surface area contributed by atoms with Crippen LogP contribution in [0.3, 0.4) is 0 Å². The van der Waals surface area contributed by atoms with Crippen LogP contribution >= 0.6 is 15.9 Å². The number of nitrogens with one attached hydrogen (secondary N) is 1. The van der Waals surface area contributed by atoms with Gasteiger partial charge in [-0.1, -0.05) is 13.8 Å². The maximum Gasteiger partial charge on any atom is 0.137 e. The maximum atomic E-state index is 13.3. The summed E-state index contributed by atoms with van der Waals surface area (Å²) in [6.45, 7) is 6.74. The van der Waals surface area contributed by atoms with E-state index in [-0.39, 0.29) is 5.82 Å². The summed E-state index contributed by atoms with van der Waals surface area (Å²) in [5, 5.41) is 3.34. The second-order valence-electron chi connectivity index (χ2n) is 5.15. The average molecular weight is 353 g/mol. The lowest BCUT2D eigenvalue weighted by molar-refractivity contribution is 0.465. The molecule has 0 atom stereocenters. The lowest BCUT2D eigenvalue weighted by Gasteiger charge is -2.14. The summed E-state index contributed by atoms with van der Waals surface area (Å²) >= 11 is 3.16. The zero-order valence-electron chi connectivity index (χ0n) is 12.3. The van der Waals surface area contributed by atoms with E-state index in [2.05, 4.69) is 40.1 Å². The van der Waals surface area contributed by atoms with Crippen molar-refractivity contribution in [2.24, 2.45) is 0 Å². The van der Waals surface area contributed by atoms with Crippen LogP contribution in [0.4, 0.5) is 4.39 Å². The van der Waals surface area contributed by atoms with E-state index < -0.39 is 0 Å². The molecule has 0 aliphatic heterocycles. The topological polar surface area (TPSA) is 34.1 Å². The monoisotopic (exact) mass is 352 g/mol. The number of rotatable bonds is 5. The summed E-state index contributed by atoms with van der Waals surface area (Å²) in [6.07, 6.45) is 1.80. The molecule has 5 heteroatoms. The first-order chi connectivity index (χ1) is 9.95. The molecule has 21 heavy (non-hydrogen) atoms. The van der Waals surface area contributed by atoms with Crippen molar-refractivity contribution >= 4 is 15.9 Å². The summed E-state index contributed by atoms with van der Waals surface area (Å²) in [7, 11) is 0. The summed E-state index contributed by atoms with van der Waals surface area (Å²) in [6, 6.07) is 6.85. The van der Waals surface area contributed by atoms with Crippen molar-refractivity contribution in [2.45, 2.75) is 33.4 Å². The van der Waals surface area contributed by atoms with E-state index in [1.165, 1.54) is 6.07 Å². The van der Waals surface area contributed by atoms with E-state index in [1.807, 2.05) is 13.0 Å². The molecule has 3 nitrogen and oxygen atoms in total. The predicted molar refractivity (Wildman–Crippen MR) is 85.1 cm³/mol. The molecule has 0 fully saturated rings. The van der Waals surface area contributed by atoms with Crippen LogP contribution in [-0.2, 0) is 6.54 Å². The number of benzene rings is 1. The molecule has 0 radical (unpaired) electrons. The van der Waals surface area contributed by atoms with Gasteiger partial charge in [0.15, 0.2) is 0 Å². The first-order valence-electron chi connectivity index (χ1n) is 6.77. The number of pyridine rings is 1. The molecule has 0 amide bonds. The highest BCUT2D eigenvalue weighted by atomic mass is 79.9. The van der Waals surface area contributed by atoms with Crippen molar-refractivity contribution in [3.8, 4) is 11.5 Å². The van der Waals surface area contributed by atoms with Gasteiger partial charge in [0.05, 0.1) is 4.47 Å². The van der Waals surface area contributed by atoms with Gasteiger partial charge in [-0.25, -0.2) is 4.39 Å². The molecule has 0 bridgehead atoms. The van der Waals surface area contributed by atoms with E-state index in [1.54, 1.807) is 18.3 Å². The molecule has 1 aromatic carbocycles. The van der Waals surface area contributed by atoms with Crippen molar-refractivity contribution < 1.29 is 9.13 Å². The highest BCUT2D eigenvalue weighted by Gasteiger charge is 2.09. The van der Waals surface area contributed by atoms with Gasteiger partial charge >= 0.3 is 0 Å². The fourth-order valence-electron chi connectivity index (χ4n) is 1.77. The smallest absolute Gasteiger partial charge is 0.137 e. The van der Waals surface area contributed by atoms with E-state index in [0.29, 0.717) is 22.8 Å². The minimum absolute atomic E-state index is 0.310. The average Bonchev–Trinajstić information content (AvgIpc) is 2.42. The van der Waals surface area contributed by atoms with Crippen LogP contribution in [0.15, 0.2) is 34.9 Å². The number of aromatic nitrogens is 1. The molecule has 2 rings (SSSR count). The Morgan fingerprint density at radius 2 is 2.10 bits per heavy atom. The predicted octanol–water partition coefficient (Wildman–Crippen LogP) is 4.58. The molecule has 1 heterocycles. The molecule has 0 aliphatic carbocycles. The molecule has 0 unspecified atom stereocenters. The van der Waals surface area contributed by atoms with Gasteiger partial charge in [-0.2, -0.15) is 0 Å². The molecular formula is C16H18BrFN2O. The molecular weight excluding hydrogens is 335 g/mol. The first-order valence-corrected chi connectivity index (χ1v) is 7.57. The molecule has 0 aliphatic rings. The van der Waals surface area contributed by atoms with Gasteiger partial charge in [0.25, 0.3) is 0 Å². The minimum atomic E-state index is -0.310. The number of hydrogen-bond acceptors (Lipinski definition) is 3. The van der Waals surface area contributed by atoms with Crippen LogP contribution in [0.1, 0.15) is 25.1 Å². The van der Waals surface area contributed by atoms with Gasteiger partial charge in [0.1, 0.15) is 17.3 Å². The molecule has 0 saturated carbocycles. The van der Waals surface area contributed by atoms with Crippen molar-refractivity contribution in [1.29, 1.82) is 0 Å². The highest BCUT2D eigenvalue weighted by Crippen LogP contribution is 2.29. The van der Waals surface area contributed by atoms with Crippen molar-refractivity contribution in [3.63, 3.8) is 0 Å². The zero-order chi connectivity index (χ0) is 15.4. The summed E-state index contributed by atoms with van der Waals surface area (Å²) in [5.41, 5.74) is 1.84. The third-order valence-electron chi connectivity index (χ3n) is 2.90. The quantitative estimate of drug-likeness (QED) is 0.854. The van der Waals surface area contributed by atoms with Gasteiger partial charge in [-0.15, -0.1) is 0 Å². The Morgan fingerprint density at radius 3 is 2.76 bits per heavy atom. The lowest BCUT2D eigenvalue weighted by Crippen LogP contribution is -2.22. The first kappa shape index (κ1) is 15.9. The SMILES string of the molecule is Cc1cc(Oc2ccc(F)c(Br)c2)c(CNC(C)C)cn1. The molecule has 2 aromatic rings. The highest BCUT2D eigenvalue weighted by molar-refractivity contribution is 9.10. The Morgan fingerprint density at radius 1 is 1.33 bits per heavy atom. The Hall–Kier alpha value is -1.46. The third-order valence-corrected chi connectivity index (χ3v) is 3.51. The van der Waals surface area contributed by atoms with Crippen LogP contribution in [-0.4, -0.2) is 11.0 Å². The molecule has 1 aromatic heterocycles. The van der Waals surface area contributed by atoms with Gasteiger partial charge in [-0.05, 0) is 41.1 Å². The summed E-state index contributed by atoms with van der Waals surface area (Å²) in [4.78, 5) is 4.30. The van der Waals surface area contributed by atoms with Gasteiger partial charge < -0.3 is 10.1 Å². The third kappa shape index (κ3) is 4.51. The second kappa shape index (κ2) is 7.00. The summed E-state index contributed by atoms with van der Waals surface area (Å²) in [5.74, 6) is 1.00. The largest absolute Gasteiger partial charge is 0.457 e. The second-order valence-corrected chi connectivity index (χ2v) is 6.00. The molecule has 0 spiro atoms. The van der Waals surface area contributed by atoms with Crippen molar-refractivity contribution in [1.82, 2.24) is 10.3 Å². The van der Waals surface area contributed by atoms with E-state index in [9.17, 15) is 4.39 Å².